The maximum absolute atomic E-state index is 10.1. The van der Waals surface area contributed by atoms with Gasteiger partial charge in [0.05, 0.1) is 24.5 Å². The summed E-state index contributed by atoms with van der Waals surface area (Å²) in [6.45, 7) is 7.55. The van der Waals surface area contributed by atoms with Crippen molar-refractivity contribution < 1.29 is 9.84 Å². The number of aliphatic hydroxyl groups excluding tert-OH is 1. The van der Waals surface area contributed by atoms with Crippen molar-refractivity contribution in [1.29, 1.82) is 0 Å². The van der Waals surface area contributed by atoms with Gasteiger partial charge in [-0.3, -0.25) is 0 Å². The van der Waals surface area contributed by atoms with E-state index in [1.165, 1.54) is 0 Å². The van der Waals surface area contributed by atoms with Crippen LogP contribution in [0.1, 0.15) is 24.3 Å². The topological polar surface area (TPSA) is 71.3 Å². The normalized spacial score (nSPS) is 19.1. The molecule has 136 valence electrons. The van der Waals surface area contributed by atoms with Crippen molar-refractivity contribution in [2.75, 3.05) is 31.6 Å². The van der Waals surface area contributed by atoms with Gasteiger partial charge >= 0.3 is 0 Å². The van der Waals surface area contributed by atoms with Crippen molar-refractivity contribution >= 4 is 5.82 Å². The number of aromatic nitrogens is 2. The summed E-state index contributed by atoms with van der Waals surface area (Å²) in [7, 11) is 0. The molecule has 0 radical (unpaired) electrons. The SMILES string of the molecule is Cc1cc2n(n1)C[C@H](CNC[C@H](O)CO[C@H](C)c1ccccc1)CN2. The highest BCUT2D eigenvalue weighted by Gasteiger charge is 2.19. The van der Waals surface area contributed by atoms with Gasteiger partial charge in [0.15, 0.2) is 0 Å². The molecule has 1 aliphatic rings. The van der Waals surface area contributed by atoms with E-state index < -0.39 is 6.10 Å². The zero-order valence-electron chi connectivity index (χ0n) is 15.0. The quantitative estimate of drug-likeness (QED) is 0.683. The molecule has 1 aromatic carbocycles. The third-order valence-corrected chi connectivity index (χ3v) is 4.53. The number of aryl methyl sites for hydroxylation is 1. The van der Waals surface area contributed by atoms with Crippen LogP contribution in [0.15, 0.2) is 36.4 Å². The van der Waals surface area contributed by atoms with E-state index in [-0.39, 0.29) is 6.10 Å². The van der Waals surface area contributed by atoms with Gasteiger partial charge in [-0.15, -0.1) is 0 Å². The van der Waals surface area contributed by atoms with Gasteiger partial charge < -0.3 is 20.5 Å². The Morgan fingerprint density at radius 2 is 2.20 bits per heavy atom. The van der Waals surface area contributed by atoms with Gasteiger partial charge in [0.2, 0.25) is 0 Å². The van der Waals surface area contributed by atoms with Crippen molar-refractivity contribution in [3.63, 3.8) is 0 Å². The van der Waals surface area contributed by atoms with Gasteiger partial charge in [-0.05, 0) is 19.4 Å². The lowest BCUT2D eigenvalue weighted by Crippen LogP contribution is -2.39. The minimum absolute atomic E-state index is 0.0140. The predicted octanol–water partition coefficient (Wildman–Crippen LogP) is 1.96. The second kappa shape index (κ2) is 8.47. The third kappa shape index (κ3) is 5.04. The van der Waals surface area contributed by atoms with Gasteiger partial charge in [0.1, 0.15) is 5.82 Å². The first kappa shape index (κ1) is 17.9. The summed E-state index contributed by atoms with van der Waals surface area (Å²) in [5, 5.41) is 21.3. The lowest BCUT2D eigenvalue weighted by molar-refractivity contribution is -0.00228. The van der Waals surface area contributed by atoms with Crippen LogP contribution >= 0.6 is 0 Å². The summed E-state index contributed by atoms with van der Waals surface area (Å²) >= 11 is 0. The maximum atomic E-state index is 10.1. The number of anilines is 1. The Balaban J connectivity index is 1.34. The molecule has 0 fully saturated rings. The van der Waals surface area contributed by atoms with E-state index in [4.69, 9.17) is 4.74 Å². The van der Waals surface area contributed by atoms with Crippen LogP contribution < -0.4 is 10.6 Å². The Kier molecular flexibility index (Phi) is 6.07. The van der Waals surface area contributed by atoms with Gasteiger partial charge in [0, 0.05) is 38.2 Å². The second-order valence-electron chi connectivity index (χ2n) is 6.80. The number of hydrogen-bond acceptors (Lipinski definition) is 5. The Morgan fingerprint density at radius 1 is 1.40 bits per heavy atom. The Bertz CT molecular complexity index is 659. The zero-order chi connectivity index (χ0) is 17.6. The fourth-order valence-electron chi connectivity index (χ4n) is 3.11. The van der Waals surface area contributed by atoms with Crippen molar-refractivity contribution in [1.82, 2.24) is 15.1 Å². The van der Waals surface area contributed by atoms with Crippen LogP contribution in [0.2, 0.25) is 0 Å². The summed E-state index contributed by atoms with van der Waals surface area (Å²) in [4.78, 5) is 0. The Morgan fingerprint density at radius 3 is 3.00 bits per heavy atom. The summed E-state index contributed by atoms with van der Waals surface area (Å²) in [6.07, 6.45) is -0.523. The second-order valence-corrected chi connectivity index (χ2v) is 6.80. The van der Waals surface area contributed by atoms with E-state index in [2.05, 4.69) is 21.8 Å². The van der Waals surface area contributed by atoms with Crippen LogP contribution in [0.25, 0.3) is 0 Å². The van der Waals surface area contributed by atoms with Gasteiger partial charge in [0.25, 0.3) is 0 Å². The molecule has 0 saturated heterocycles. The molecule has 1 aromatic heterocycles. The van der Waals surface area contributed by atoms with E-state index in [0.717, 1.165) is 36.7 Å². The summed E-state index contributed by atoms with van der Waals surface area (Å²) < 4.78 is 7.79. The van der Waals surface area contributed by atoms with Crippen molar-refractivity contribution in [3.8, 4) is 0 Å². The first-order chi connectivity index (χ1) is 12.1. The molecule has 6 nitrogen and oxygen atoms in total. The van der Waals surface area contributed by atoms with Crippen LogP contribution in [0.4, 0.5) is 5.82 Å². The van der Waals surface area contributed by atoms with E-state index in [0.29, 0.717) is 19.1 Å². The molecule has 3 atom stereocenters. The first-order valence-corrected chi connectivity index (χ1v) is 8.95. The van der Waals surface area contributed by atoms with E-state index in [1.807, 2.05) is 48.9 Å². The fourth-order valence-corrected chi connectivity index (χ4v) is 3.11. The highest BCUT2D eigenvalue weighted by molar-refractivity contribution is 5.38. The summed E-state index contributed by atoms with van der Waals surface area (Å²) in [6, 6.07) is 12.1. The van der Waals surface area contributed by atoms with Crippen LogP contribution in [0, 0.1) is 12.8 Å². The number of rotatable bonds is 8. The number of nitrogens with one attached hydrogen (secondary N) is 2. The molecule has 0 amide bonds. The number of aliphatic hydroxyl groups is 1. The highest BCUT2D eigenvalue weighted by Crippen LogP contribution is 2.18. The zero-order valence-corrected chi connectivity index (χ0v) is 15.0. The highest BCUT2D eigenvalue weighted by atomic mass is 16.5. The smallest absolute Gasteiger partial charge is 0.124 e. The van der Waals surface area contributed by atoms with Gasteiger partial charge in [-0.1, -0.05) is 30.3 Å². The molecule has 0 unspecified atom stereocenters. The monoisotopic (exact) mass is 344 g/mol. The minimum atomic E-state index is -0.509. The maximum Gasteiger partial charge on any atom is 0.124 e. The minimum Gasteiger partial charge on any atom is -0.389 e. The first-order valence-electron chi connectivity index (χ1n) is 8.95. The number of fused-ring (bicyclic) bond motifs is 1. The number of hydrogen-bond donors (Lipinski definition) is 3. The fraction of sp³-hybridized carbons (Fsp3) is 0.526. The summed E-state index contributed by atoms with van der Waals surface area (Å²) in [5.74, 6) is 1.56. The van der Waals surface area contributed by atoms with Crippen LogP contribution in [0.5, 0.6) is 0 Å². The lowest BCUT2D eigenvalue weighted by atomic mass is 10.1. The molecule has 2 aromatic rings. The molecule has 25 heavy (non-hydrogen) atoms. The number of benzene rings is 1. The largest absolute Gasteiger partial charge is 0.389 e. The molecule has 1 aliphatic heterocycles. The Hall–Kier alpha value is -1.89. The average molecular weight is 344 g/mol. The van der Waals surface area contributed by atoms with Crippen LogP contribution in [-0.4, -0.2) is 47.2 Å². The number of nitrogens with zero attached hydrogens (tertiary/aromatic N) is 2. The van der Waals surface area contributed by atoms with Crippen LogP contribution in [-0.2, 0) is 11.3 Å². The molecule has 2 heterocycles. The van der Waals surface area contributed by atoms with Crippen LogP contribution in [0.3, 0.4) is 0 Å². The molecule has 6 heteroatoms. The number of ether oxygens (including phenoxy) is 1. The molecule has 0 spiro atoms. The third-order valence-electron chi connectivity index (χ3n) is 4.53. The predicted molar refractivity (Wildman–Crippen MR) is 98.6 cm³/mol. The molecule has 0 bridgehead atoms. The Labute approximate surface area is 149 Å². The molecule has 0 aliphatic carbocycles. The van der Waals surface area contributed by atoms with E-state index in [1.54, 1.807) is 0 Å². The van der Waals surface area contributed by atoms with Gasteiger partial charge in [-0.2, -0.15) is 5.10 Å². The molecular weight excluding hydrogens is 316 g/mol. The molecule has 0 saturated carbocycles. The van der Waals surface area contributed by atoms with Crippen molar-refractivity contribution in [3.05, 3.63) is 47.7 Å². The average Bonchev–Trinajstić information content (AvgIpc) is 2.99. The molecule has 3 N–H and O–H groups in total. The van der Waals surface area contributed by atoms with Crippen molar-refractivity contribution in [2.24, 2.45) is 5.92 Å². The van der Waals surface area contributed by atoms with Gasteiger partial charge in [-0.25, -0.2) is 4.68 Å². The summed E-state index contributed by atoms with van der Waals surface area (Å²) in [5.41, 5.74) is 2.16. The molecule has 3 rings (SSSR count). The van der Waals surface area contributed by atoms with E-state index >= 15 is 0 Å². The van der Waals surface area contributed by atoms with Crippen molar-refractivity contribution in [2.45, 2.75) is 32.6 Å². The van der Waals surface area contributed by atoms with E-state index in [9.17, 15) is 5.11 Å². The standard InChI is InChI=1S/C19H28N4O2/c1-14-8-19-21-10-16(12-23(19)22-14)9-20-11-18(24)13-25-15(2)17-6-4-3-5-7-17/h3-8,15-16,18,20-21,24H,9-13H2,1-2H3/t15-,16-,18+/m1/s1. The molecular formula is C19H28N4O2. The lowest BCUT2D eigenvalue weighted by Gasteiger charge is -2.25.